The molecule has 1 aromatic carbocycles. The molecule has 3 heterocycles. The highest BCUT2D eigenvalue weighted by molar-refractivity contribution is 7.91. The van der Waals surface area contributed by atoms with E-state index >= 15 is 0 Å². The summed E-state index contributed by atoms with van der Waals surface area (Å²) in [4.78, 5) is 62.1. The first-order chi connectivity index (χ1) is 21.8. The van der Waals surface area contributed by atoms with Crippen molar-refractivity contribution in [1.29, 1.82) is 0 Å². The molecule has 0 bridgehead atoms. The van der Waals surface area contributed by atoms with Gasteiger partial charge in [-0.2, -0.15) is 10.0 Å². The summed E-state index contributed by atoms with van der Waals surface area (Å²) in [7, 11) is 4.91. The molecule has 0 saturated heterocycles. The van der Waals surface area contributed by atoms with Gasteiger partial charge in [0.25, 0.3) is 18.2 Å². The van der Waals surface area contributed by atoms with E-state index in [9.17, 15) is 28.5 Å². The van der Waals surface area contributed by atoms with Gasteiger partial charge in [-0.25, -0.2) is 0 Å². The Kier molecular flexibility index (Phi) is 10.7. The van der Waals surface area contributed by atoms with Crippen LogP contribution in [0.25, 0.3) is 5.57 Å². The van der Waals surface area contributed by atoms with E-state index in [2.05, 4.69) is 21.4 Å². The highest BCUT2D eigenvalue weighted by atomic mass is 35.5. The molecule has 0 fully saturated rings. The second-order valence-electron chi connectivity index (χ2n) is 10.5. The molecule has 1 aliphatic heterocycles. The Bertz CT molecular complexity index is 1730. The maximum absolute atomic E-state index is 13.5. The van der Waals surface area contributed by atoms with E-state index in [1.165, 1.54) is 21.3 Å². The molecule has 3 aromatic rings. The number of hydrogen-bond donors (Lipinski definition) is 5. The number of carbonyl (C=O) groups is 5. The predicted octanol–water partition coefficient (Wildman–Crippen LogP) is 1.55. The molecule has 46 heavy (non-hydrogen) atoms. The summed E-state index contributed by atoms with van der Waals surface area (Å²) in [6.45, 7) is 0.0854. The van der Waals surface area contributed by atoms with Crippen LogP contribution in [-0.4, -0.2) is 73.5 Å². The Morgan fingerprint density at radius 2 is 1.57 bits per heavy atom. The molecule has 2 aromatic heterocycles. The minimum absolute atomic E-state index is 0.000602. The molecule has 0 spiro atoms. The number of nitrogens with two attached hydrogens (primary N) is 1. The predicted molar refractivity (Wildman–Crippen MR) is 173 cm³/mol. The van der Waals surface area contributed by atoms with E-state index in [1.54, 1.807) is 70.1 Å². The lowest BCUT2D eigenvalue weighted by Crippen LogP contribution is -2.50. The number of halogens is 1. The fraction of sp³-hybridized carbons (Fsp3) is 0.233. The number of alkyl halides is 1. The van der Waals surface area contributed by atoms with Crippen molar-refractivity contribution in [3.63, 3.8) is 0 Å². The van der Waals surface area contributed by atoms with E-state index < -0.39 is 34.8 Å². The standard InChI is InChI=1S/C30H33ClN8O6S/c1-37-15-21(13-24(37)28(42)33-10-8-27(32)41)35-29(43)25-14-22(16-38(25)2)36-30(44)26-12-20(17-39(26,3)34-18-40)19-4-6-23(7-5-19)46(45)11-9-31/h4-7,12-18H,8-11H2,1-3H3,(H5-,32,33,34,35,36,40,41,42,43,44)/p+1. The topological polar surface area (TPSA) is 192 Å². The van der Waals surface area contributed by atoms with Crippen molar-refractivity contribution in [3.05, 3.63) is 83.7 Å². The van der Waals surface area contributed by atoms with Crippen LogP contribution in [0.5, 0.6) is 0 Å². The molecule has 0 radical (unpaired) electrons. The van der Waals surface area contributed by atoms with Gasteiger partial charge >= 0.3 is 5.91 Å². The summed E-state index contributed by atoms with van der Waals surface area (Å²) >= 11 is 4.49. The second kappa shape index (κ2) is 14.5. The van der Waals surface area contributed by atoms with Gasteiger partial charge < -0.3 is 35.4 Å². The van der Waals surface area contributed by atoms with Crippen LogP contribution in [0.2, 0.25) is 0 Å². The van der Waals surface area contributed by atoms with Crippen molar-refractivity contribution in [2.45, 2.75) is 11.3 Å². The third kappa shape index (κ3) is 7.87. The van der Waals surface area contributed by atoms with Gasteiger partial charge in [-0.1, -0.05) is 0 Å². The largest absolute Gasteiger partial charge is 0.611 e. The van der Waals surface area contributed by atoms with Crippen LogP contribution in [0, 0.1) is 0 Å². The van der Waals surface area contributed by atoms with Gasteiger partial charge in [0.15, 0.2) is 4.90 Å². The maximum Gasteiger partial charge on any atom is 0.312 e. The lowest BCUT2D eigenvalue weighted by atomic mass is 10.1. The van der Waals surface area contributed by atoms with Crippen LogP contribution in [0.15, 0.2) is 71.7 Å². The van der Waals surface area contributed by atoms with Gasteiger partial charge in [0.05, 0.1) is 17.3 Å². The van der Waals surface area contributed by atoms with Crippen LogP contribution >= 0.6 is 11.6 Å². The number of quaternary nitrogens is 1. The molecular formula is C30H34ClN8O6S+. The van der Waals surface area contributed by atoms with E-state index in [-0.39, 0.29) is 40.5 Å². The van der Waals surface area contributed by atoms with E-state index in [0.29, 0.717) is 34.0 Å². The SMILES string of the molecule is Cn1cc(NC(=O)c2cc(NC(=O)C3=CC(c4ccc([S+]([O-])CCCl)cc4)=C[N+]3(C)NC=O)cn2C)cc1C(=O)NCCC(N)=O. The van der Waals surface area contributed by atoms with Gasteiger partial charge in [0, 0.05) is 51.1 Å². The summed E-state index contributed by atoms with van der Waals surface area (Å²) in [5.74, 6) is -1.37. The van der Waals surface area contributed by atoms with Crippen molar-refractivity contribution in [1.82, 2.24) is 19.9 Å². The first kappa shape index (κ1) is 34.1. The minimum Gasteiger partial charge on any atom is -0.611 e. The van der Waals surface area contributed by atoms with Gasteiger partial charge in [-0.15, -0.1) is 11.6 Å². The lowest BCUT2D eigenvalue weighted by Gasteiger charge is -2.25. The number of rotatable bonds is 14. The Morgan fingerprint density at radius 1 is 0.978 bits per heavy atom. The third-order valence-electron chi connectivity index (χ3n) is 7.10. The van der Waals surface area contributed by atoms with Crippen LogP contribution in [0.3, 0.4) is 0 Å². The highest BCUT2D eigenvalue weighted by Gasteiger charge is 2.38. The number of nitrogens with one attached hydrogen (secondary N) is 4. The number of likely N-dealkylation sites (N-methyl/N-ethyl adjacent to an activating group) is 1. The molecule has 1 aliphatic rings. The van der Waals surface area contributed by atoms with Gasteiger partial charge in [-0.3, -0.25) is 24.0 Å². The molecule has 14 nitrogen and oxygen atoms in total. The maximum atomic E-state index is 13.5. The molecule has 242 valence electrons. The number of carbonyl (C=O) groups excluding carboxylic acids is 5. The smallest absolute Gasteiger partial charge is 0.312 e. The first-order valence-electron chi connectivity index (χ1n) is 13.9. The molecule has 2 atom stereocenters. The summed E-state index contributed by atoms with van der Waals surface area (Å²) in [5, 5.41) is 8.12. The summed E-state index contributed by atoms with van der Waals surface area (Å²) in [5.41, 5.74) is 10.5. The van der Waals surface area contributed by atoms with Crippen LogP contribution in [0.1, 0.15) is 33.0 Å². The molecule has 6 N–H and O–H groups in total. The van der Waals surface area contributed by atoms with E-state index in [0.717, 1.165) is 5.56 Å². The number of aromatic nitrogens is 2. The lowest BCUT2D eigenvalue weighted by molar-refractivity contribution is -0.849. The fourth-order valence-corrected chi connectivity index (χ4v) is 6.04. The fourth-order valence-electron chi connectivity index (χ4n) is 4.80. The number of aryl methyl sites for hydroxylation is 2. The van der Waals surface area contributed by atoms with Crippen LogP contribution in [-0.2, 0) is 39.7 Å². The Morgan fingerprint density at radius 3 is 2.13 bits per heavy atom. The molecule has 4 rings (SSSR count). The van der Waals surface area contributed by atoms with E-state index in [4.69, 9.17) is 17.3 Å². The van der Waals surface area contributed by atoms with Gasteiger partial charge in [-0.05, 0) is 53.1 Å². The monoisotopic (exact) mass is 669 g/mol. The summed E-state index contributed by atoms with van der Waals surface area (Å²) in [6, 6.07) is 10.0. The van der Waals surface area contributed by atoms with Crippen molar-refractivity contribution >= 4 is 69.8 Å². The van der Waals surface area contributed by atoms with Crippen LogP contribution in [0.4, 0.5) is 11.4 Å². The molecule has 0 saturated carbocycles. The molecule has 5 amide bonds. The van der Waals surface area contributed by atoms with Gasteiger partial charge in [0.1, 0.15) is 30.4 Å². The number of anilines is 2. The van der Waals surface area contributed by atoms with Crippen LogP contribution < -0.4 is 27.1 Å². The average Bonchev–Trinajstić information content (AvgIpc) is 3.67. The third-order valence-corrected chi connectivity index (χ3v) is 8.89. The zero-order valence-corrected chi connectivity index (χ0v) is 26.9. The molecule has 0 aliphatic carbocycles. The Labute approximate surface area is 273 Å². The van der Waals surface area contributed by atoms with E-state index in [1.807, 2.05) is 0 Å². The minimum atomic E-state index is -1.22. The Balaban J connectivity index is 1.46. The first-order valence-corrected chi connectivity index (χ1v) is 15.8. The van der Waals surface area contributed by atoms with Crippen molar-refractivity contribution in [2.75, 3.05) is 35.9 Å². The number of nitrogens with zero attached hydrogens (tertiary/aromatic N) is 3. The van der Waals surface area contributed by atoms with Crippen molar-refractivity contribution in [2.24, 2.45) is 19.8 Å². The van der Waals surface area contributed by atoms with Gasteiger partial charge in [0.2, 0.25) is 11.6 Å². The zero-order chi connectivity index (χ0) is 33.6. The number of benzene rings is 1. The normalized spacial score (nSPS) is 16.2. The summed E-state index contributed by atoms with van der Waals surface area (Å²) < 4.78 is 15.0. The Hall–Kier alpha value is -4.83. The highest BCUT2D eigenvalue weighted by Crippen LogP contribution is 2.32. The number of primary amides is 1. The molecular weight excluding hydrogens is 636 g/mol. The average molecular weight is 670 g/mol. The zero-order valence-electron chi connectivity index (χ0n) is 25.3. The van der Waals surface area contributed by atoms with Crippen molar-refractivity contribution < 1.29 is 33.1 Å². The van der Waals surface area contributed by atoms with Crippen molar-refractivity contribution in [3.8, 4) is 0 Å². The number of allylic oxidation sites excluding steroid dienone is 2. The molecule has 16 heteroatoms. The number of hydrogen-bond acceptors (Lipinski definition) is 6. The quantitative estimate of drug-likeness (QED) is 0.0748. The second-order valence-corrected chi connectivity index (χ2v) is 12.5. The molecule has 2 unspecified atom stereocenters. The summed E-state index contributed by atoms with van der Waals surface area (Å²) in [6.07, 6.45) is 6.96. The number of amides is 5.